The van der Waals surface area contributed by atoms with Crippen molar-refractivity contribution in [3.05, 3.63) is 0 Å². The highest BCUT2D eigenvalue weighted by atomic mass is 16.5. The topological polar surface area (TPSA) is 46.6 Å². The van der Waals surface area contributed by atoms with Crippen molar-refractivity contribution in [1.82, 2.24) is 4.90 Å². The average molecular weight is 185 g/mol. The Bertz CT molecular complexity index is 187. The lowest BCUT2D eigenvalue weighted by atomic mass is 10.4. The molecule has 4 heteroatoms. The Labute approximate surface area is 77.8 Å². The summed E-state index contributed by atoms with van der Waals surface area (Å²) in [6, 6.07) is 0. The molecule has 0 aromatic rings. The fourth-order valence-electron chi connectivity index (χ4n) is 1.27. The summed E-state index contributed by atoms with van der Waals surface area (Å²) in [6.07, 6.45) is 1.70. The molecule has 0 spiro atoms. The second-order valence-corrected chi connectivity index (χ2v) is 3.05. The van der Waals surface area contributed by atoms with Gasteiger partial charge in [0.25, 0.3) is 0 Å². The van der Waals surface area contributed by atoms with Crippen LogP contribution in [0.15, 0.2) is 0 Å². The molecule has 1 aliphatic heterocycles. The molecule has 1 saturated heterocycles. The maximum atomic E-state index is 11.1. The number of hydrogen-bond acceptors (Lipinski definition) is 3. The smallest absolute Gasteiger partial charge is 0.229 e. The largest absolute Gasteiger partial charge is 0.380 e. The van der Waals surface area contributed by atoms with Gasteiger partial charge in [0.15, 0.2) is 0 Å². The number of carbonyl (C=O) groups is 2. The SMILES string of the molecule is CCCOCCN1C(=O)CCC1=O. The van der Waals surface area contributed by atoms with Crippen molar-refractivity contribution in [3.8, 4) is 0 Å². The first-order chi connectivity index (χ1) is 6.25. The fraction of sp³-hybridized carbons (Fsp3) is 0.778. The van der Waals surface area contributed by atoms with Crippen LogP contribution in [-0.2, 0) is 14.3 Å². The van der Waals surface area contributed by atoms with E-state index in [1.54, 1.807) is 0 Å². The number of hydrogen-bond donors (Lipinski definition) is 0. The van der Waals surface area contributed by atoms with Gasteiger partial charge < -0.3 is 4.74 Å². The molecule has 1 fully saturated rings. The monoisotopic (exact) mass is 185 g/mol. The first-order valence-corrected chi connectivity index (χ1v) is 4.66. The molecule has 74 valence electrons. The van der Waals surface area contributed by atoms with Gasteiger partial charge in [0.1, 0.15) is 0 Å². The molecular formula is C9H15NO3. The molecule has 0 bridgehead atoms. The lowest BCUT2D eigenvalue weighted by Crippen LogP contribution is -2.32. The van der Waals surface area contributed by atoms with Crippen LogP contribution in [0.5, 0.6) is 0 Å². The summed E-state index contributed by atoms with van der Waals surface area (Å²) in [5.41, 5.74) is 0. The van der Waals surface area contributed by atoms with Gasteiger partial charge in [-0.15, -0.1) is 0 Å². The van der Waals surface area contributed by atoms with Gasteiger partial charge in [-0.3, -0.25) is 14.5 Å². The first-order valence-electron chi connectivity index (χ1n) is 4.66. The predicted molar refractivity (Wildman–Crippen MR) is 47.1 cm³/mol. The summed E-state index contributed by atoms with van der Waals surface area (Å²) >= 11 is 0. The van der Waals surface area contributed by atoms with Crippen molar-refractivity contribution in [2.24, 2.45) is 0 Å². The van der Waals surface area contributed by atoms with E-state index in [2.05, 4.69) is 0 Å². The number of imide groups is 1. The van der Waals surface area contributed by atoms with E-state index >= 15 is 0 Å². The van der Waals surface area contributed by atoms with Crippen LogP contribution < -0.4 is 0 Å². The van der Waals surface area contributed by atoms with E-state index in [0.717, 1.165) is 6.42 Å². The molecule has 0 radical (unpaired) electrons. The molecule has 0 saturated carbocycles. The van der Waals surface area contributed by atoms with Gasteiger partial charge in [0.05, 0.1) is 13.2 Å². The van der Waals surface area contributed by atoms with Crippen LogP contribution in [-0.4, -0.2) is 36.5 Å². The Balaban J connectivity index is 2.20. The van der Waals surface area contributed by atoms with Gasteiger partial charge in [0.2, 0.25) is 11.8 Å². The highest BCUT2D eigenvalue weighted by molar-refractivity contribution is 6.01. The maximum Gasteiger partial charge on any atom is 0.229 e. The van der Waals surface area contributed by atoms with Crippen LogP contribution in [0.2, 0.25) is 0 Å². The highest BCUT2D eigenvalue weighted by Crippen LogP contribution is 2.10. The molecule has 4 nitrogen and oxygen atoms in total. The summed E-state index contributed by atoms with van der Waals surface area (Å²) in [5, 5.41) is 0. The number of nitrogens with zero attached hydrogens (tertiary/aromatic N) is 1. The number of amides is 2. The lowest BCUT2D eigenvalue weighted by molar-refractivity contribution is -0.139. The van der Waals surface area contributed by atoms with Gasteiger partial charge in [-0.25, -0.2) is 0 Å². The van der Waals surface area contributed by atoms with Crippen LogP contribution >= 0.6 is 0 Å². The molecule has 0 aromatic heterocycles. The molecule has 0 aromatic carbocycles. The number of likely N-dealkylation sites (tertiary alicyclic amines) is 1. The number of ether oxygens (including phenoxy) is 1. The van der Waals surface area contributed by atoms with E-state index < -0.39 is 0 Å². The van der Waals surface area contributed by atoms with E-state index in [4.69, 9.17) is 4.74 Å². The van der Waals surface area contributed by atoms with Gasteiger partial charge in [-0.1, -0.05) is 6.92 Å². The van der Waals surface area contributed by atoms with Crippen LogP contribution in [0, 0.1) is 0 Å². The molecule has 0 unspecified atom stereocenters. The second kappa shape index (κ2) is 4.97. The molecular weight excluding hydrogens is 170 g/mol. The minimum atomic E-state index is -0.0647. The lowest BCUT2D eigenvalue weighted by Gasteiger charge is -2.12. The molecule has 1 rings (SSSR count). The van der Waals surface area contributed by atoms with Crippen molar-refractivity contribution >= 4 is 11.8 Å². The summed E-state index contributed by atoms with van der Waals surface area (Å²) in [7, 11) is 0. The summed E-state index contributed by atoms with van der Waals surface area (Å²) in [6.45, 7) is 3.59. The Morgan fingerprint density at radius 1 is 1.23 bits per heavy atom. The quantitative estimate of drug-likeness (QED) is 0.464. The van der Waals surface area contributed by atoms with Crippen molar-refractivity contribution in [3.63, 3.8) is 0 Å². The number of carbonyl (C=O) groups excluding carboxylic acids is 2. The van der Waals surface area contributed by atoms with Crippen LogP contribution in [0.3, 0.4) is 0 Å². The third-order valence-corrected chi connectivity index (χ3v) is 1.96. The minimum Gasteiger partial charge on any atom is -0.380 e. The third-order valence-electron chi connectivity index (χ3n) is 1.96. The zero-order chi connectivity index (χ0) is 9.68. The summed E-state index contributed by atoms with van der Waals surface area (Å²) in [5.74, 6) is -0.129. The standard InChI is InChI=1S/C9H15NO3/c1-2-6-13-7-5-10-8(11)3-4-9(10)12/h2-7H2,1H3. The van der Waals surface area contributed by atoms with Gasteiger partial charge in [-0.05, 0) is 6.42 Å². The van der Waals surface area contributed by atoms with E-state index in [1.807, 2.05) is 6.92 Å². The van der Waals surface area contributed by atoms with Gasteiger partial charge >= 0.3 is 0 Å². The normalized spacial score (nSPS) is 17.2. The van der Waals surface area contributed by atoms with Crippen molar-refractivity contribution in [1.29, 1.82) is 0 Å². The molecule has 1 aliphatic rings. The molecule has 1 heterocycles. The molecule has 13 heavy (non-hydrogen) atoms. The van der Waals surface area contributed by atoms with Crippen molar-refractivity contribution in [2.45, 2.75) is 26.2 Å². The molecule has 0 aliphatic carbocycles. The fourth-order valence-corrected chi connectivity index (χ4v) is 1.27. The van der Waals surface area contributed by atoms with Gasteiger partial charge in [0, 0.05) is 19.4 Å². The van der Waals surface area contributed by atoms with Crippen molar-refractivity contribution in [2.75, 3.05) is 19.8 Å². The van der Waals surface area contributed by atoms with E-state index in [9.17, 15) is 9.59 Å². The Hall–Kier alpha value is -0.900. The van der Waals surface area contributed by atoms with Crippen molar-refractivity contribution < 1.29 is 14.3 Å². The third kappa shape index (κ3) is 2.81. The summed E-state index contributed by atoms with van der Waals surface area (Å²) in [4.78, 5) is 23.5. The Morgan fingerprint density at radius 2 is 1.85 bits per heavy atom. The summed E-state index contributed by atoms with van der Waals surface area (Å²) < 4.78 is 5.20. The zero-order valence-electron chi connectivity index (χ0n) is 7.91. The average Bonchev–Trinajstić information content (AvgIpc) is 2.42. The van der Waals surface area contributed by atoms with E-state index in [-0.39, 0.29) is 11.8 Å². The maximum absolute atomic E-state index is 11.1. The Kier molecular flexibility index (Phi) is 3.89. The zero-order valence-corrected chi connectivity index (χ0v) is 7.91. The highest BCUT2D eigenvalue weighted by Gasteiger charge is 2.27. The molecule has 0 N–H and O–H groups in total. The molecule has 2 amide bonds. The predicted octanol–water partition coefficient (Wildman–Crippen LogP) is 0.562. The number of rotatable bonds is 5. The van der Waals surface area contributed by atoms with Crippen LogP contribution in [0.1, 0.15) is 26.2 Å². The van der Waals surface area contributed by atoms with Gasteiger partial charge in [-0.2, -0.15) is 0 Å². The van der Waals surface area contributed by atoms with Crippen LogP contribution in [0.4, 0.5) is 0 Å². The van der Waals surface area contributed by atoms with E-state index in [1.165, 1.54) is 4.90 Å². The second-order valence-electron chi connectivity index (χ2n) is 3.05. The first kappa shape index (κ1) is 10.2. The Morgan fingerprint density at radius 3 is 2.38 bits per heavy atom. The van der Waals surface area contributed by atoms with Crippen LogP contribution in [0.25, 0.3) is 0 Å². The minimum absolute atomic E-state index is 0.0647. The molecule has 0 atom stereocenters. The van der Waals surface area contributed by atoms with E-state index in [0.29, 0.717) is 32.6 Å².